The second kappa shape index (κ2) is 6.81. The third kappa shape index (κ3) is 3.13. The van der Waals surface area contributed by atoms with Gasteiger partial charge in [0.2, 0.25) is 11.7 Å². The second-order valence-electron chi connectivity index (χ2n) is 5.45. The quantitative estimate of drug-likeness (QED) is 0.568. The van der Waals surface area contributed by atoms with Gasteiger partial charge in [-0.3, -0.25) is 14.5 Å². The molecule has 9 nitrogen and oxygen atoms in total. The Labute approximate surface area is 143 Å². The number of hydrogen-bond donors (Lipinski definition) is 0. The first-order chi connectivity index (χ1) is 12.0. The van der Waals surface area contributed by atoms with E-state index in [2.05, 4.69) is 10.1 Å². The lowest BCUT2D eigenvalue weighted by Crippen LogP contribution is -2.35. The lowest BCUT2D eigenvalue weighted by molar-refractivity contribution is -0.143. The molecule has 0 aliphatic carbocycles. The summed E-state index contributed by atoms with van der Waals surface area (Å²) in [7, 11) is 1.44. The topological polar surface area (TPSA) is 106 Å². The maximum absolute atomic E-state index is 12.2. The van der Waals surface area contributed by atoms with Crippen molar-refractivity contribution >= 4 is 17.8 Å². The molecule has 130 valence electrons. The van der Waals surface area contributed by atoms with Gasteiger partial charge in [0, 0.05) is 12.7 Å². The molecule has 1 saturated heterocycles. The van der Waals surface area contributed by atoms with E-state index in [9.17, 15) is 14.4 Å². The van der Waals surface area contributed by atoms with Crippen LogP contribution in [0.4, 0.5) is 4.79 Å². The van der Waals surface area contributed by atoms with Gasteiger partial charge in [-0.15, -0.1) is 0 Å². The smallest absolute Gasteiger partial charge is 0.334 e. The van der Waals surface area contributed by atoms with Crippen molar-refractivity contribution in [3.63, 3.8) is 0 Å². The summed E-state index contributed by atoms with van der Waals surface area (Å²) in [6, 6.07) is 6.76. The number of aromatic nitrogens is 2. The second-order valence-corrected chi connectivity index (χ2v) is 5.45. The number of nitrogens with zero attached hydrogens (tertiary/aromatic N) is 4. The van der Waals surface area contributed by atoms with Crippen molar-refractivity contribution in [2.24, 2.45) is 0 Å². The number of amides is 4. The molecule has 9 heteroatoms. The van der Waals surface area contributed by atoms with Crippen molar-refractivity contribution in [1.29, 1.82) is 0 Å². The Hall–Kier alpha value is -3.07. The summed E-state index contributed by atoms with van der Waals surface area (Å²) in [6.45, 7) is 1.81. The molecular weight excluding hydrogens is 328 g/mol. The van der Waals surface area contributed by atoms with E-state index in [1.54, 1.807) is 0 Å². The molecule has 1 aliphatic rings. The molecule has 1 aliphatic heterocycles. The average molecular weight is 344 g/mol. The molecule has 4 amide bonds. The normalized spacial score (nSPS) is 14.7. The van der Waals surface area contributed by atoms with Crippen LogP contribution in [0.25, 0.3) is 11.4 Å². The Balaban J connectivity index is 1.77. The first kappa shape index (κ1) is 16.8. The van der Waals surface area contributed by atoms with Gasteiger partial charge < -0.3 is 9.26 Å². The molecule has 0 N–H and O–H groups in total. The number of urea groups is 1. The Morgan fingerprint density at radius 1 is 1.12 bits per heavy atom. The number of ether oxygens (including phenoxy) is 1. The molecule has 1 aromatic carbocycles. The van der Waals surface area contributed by atoms with Crippen LogP contribution in [-0.4, -0.2) is 58.0 Å². The largest absolute Gasteiger partial charge is 0.383 e. The van der Waals surface area contributed by atoms with Gasteiger partial charge >= 0.3 is 17.8 Å². The van der Waals surface area contributed by atoms with Crippen molar-refractivity contribution in [1.82, 2.24) is 19.9 Å². The predicted molar refractivity (Wildman–Crippen MR) is 84.0 cm³/mol. The van der Waals surface area contributed by atoms with Gasteiger partial charge in [-0.1, -0.05) is 29.4 Å². The van der Waals surface area contributed by atoms with Crippen molar-refractivity contribution < 1.29 is 23.6 Å². The summed E-state index contributed by atoms with van der Waals surface area (Å²) < 4.78 is 9.96. The minimum absolute atomic E-state index is 0.00863. The summed E-state index contributed by atoms with van der Waals surface area (Å²) >= 11 is 0. The summed E-state index contributed by atoms with van der Waals surface area (Å²) in [4.78, 5) is 42.0. The third-order valence-corrected chi connectivity index (χ3v) is 3.80. The summed E-state index contributed by atoms with van der Waals surface area (Å²) in [6.07, 6.45) is 0. The van der Waals surface area contributed by atoms with E-state index in [0.717, 1.165) is 20.9 Å². The number of carbonyl (C=O) groups excluding carboxylic acids is 3. The van der Waals surface area contributed by atoms with Crippen molar-refractivity contribution in [3.05, 3.63) is 35.7 Å². The Kier molecular flexibility index (Phi) is 4.57. The molecule has 0 atom stereocenters. The van der Waals surface area contributed by atoms with Crippen molar-refractivity contribution in [2.75, 3.05) is 20.3 Å². The van der Waals surface area contributed by atoms with Crippen LogP contribution in [0.5, 0.6) is 0 Å². The van der Waals surface area contributed by atoms with Gasteiger partial charge in [0.05, 0.1) is 13.2 Å². The predicted octanol–water partition coefficient (Wildman–Crippen LogP) is 0.982. The van der Waals surface area contributed by atoms with Gasteiger partial charge in [-0.25, -0.2) is 9.69 Å². The maximum atomic E-state index is 12.2. The summed E-state index contributed by atoms with van der Waals surface area (Å²) in [5.74, 6) is -1.38. The average Bonchev–Trinajstić information content (AvgIpc) is 3.14. The van der Waals surface area contributed by atoms with E-state index in [1.165, 1.54) is 7.11 Å². The molecular formula is C16H16N4O5. The highest BCUT2D eigenvalue weighted by Gasteiger charge is 2.44. The van der Waals surface area contributed by atoms with Crippen LogP contribution in [0, 0.1) is 6.92 Å². The number of methoxy groups -OCH3 is 1. The molecule has 3 rings (SSSR count). The van der Waals surface area contributed by atoms with E-state index >= 15 is 0 Å². The van der Waals surface area contributed by atoms with E-state index < -0.39 is 17.8 Å². The van der Waals surface area contributed by atoms with Gasteiger partial charge in [-0.05, 0) is 12.5 Å². The van der Waals surface area contributed by atoms with Crippen LogP contribution >= 0.6 is 0 Å². The van der Waals surface area contributed by atoms with Gasteiger partial charge in [0.1, 0.15) is 6.54 Å². The molecule has 2 aromatic rings. The van der Waals surface area contributed by atoms with Crippen LogP contribution in [-0.2, 0) is 20.9 Å². The third-order valence-electron chi connectivity index (χ3n) is 3.80. The Morgan fingerprint density at radius 3 is 2.56 bits per heavy atom. The van der Waals surface area contributed by atoms with Crippen LogP contribution in [0.15, 0.2) is 28.8 Å². The van der Waals surface area contributed by atoms with Gasteiger partial charge in [0.25, 0.3) is 0 Å². The molecule has 0 spiro atoms. The fourth-order valence-electron chi connectivity index (χ4n) is 2.46. The molecule has 0 radical (unpaired) electrons. The van der Waals surface area contributed by atoms with E-state index in [1.807, 2.05) is 31.2 Å². The number of rotatable bonds is 6. The Morgan fingerprint density at radius 2 is 1.84 bits per heavy atom. The molecule has 1 fully saturated rings. The van der Waals surface area contributed by atoms with E-state index in [0.29, 0.717) is 5.82 Å². The van der Waals surface area contributed by atoms with E-state index in [4.69, 9.17) is 9.26 Å². The highest BCUT2D eigenvalue weighted by Crippen LogP contribution is 2.21. The Bertz CT molecular complexity index is 831. The number of imide groups is 2. The maximum Gasteiger partial charge on any atom is 0.334 e. The number of aryl methyl sites for hydroxylation is 1. The summed E-state index contributed by atoms with van der Waals surface area (Å²) in [5.41, 5.74) is 1.75. The molecule has 0 saturated carbocycles. The number of carbonyl (C=O) groups is 3. The molecule has 2 heterocycles. The standard InChI is InChI=1S/C16H16N4O5/c1-10-5-3-4-6-11(10)13-17-12(25-18-13)9-20-15(22)14(21)19(16(20)23)7-8-24-2/h3-6H,7-9H2,1-2H3. The SMILES string of the molecule is COCCN1C(=O)C(=O)N(Cc2nc(-c3ccccc3C)no2)C1=O. The zero-order valence-corrected chi connectivity index (χ0v) is 13.8. The number of hydrogen-bond acceptors (Lipinski definition) is 7. The lowest BCUT2D eigenvalue weighted by Gasteiger charge is -2.13. The van der Waals surface area contributed by atoms with E-state index in [-0.39, 0.29) is 25.6 Å². The number of benzene rings is 1. The van der Waals surface area contributed by atoms with Crippen LogP contribution < -0.4 is 0 Å². The van der Waals surface area contributed by atoms with Crippen LogP contribution in [0.1, 0.15) is 11.5 Å². The molecule has 25 heavy (non-hydrogen) atoms. The van der Waals surface area contributed by atoms with Gasteiger partial charge in [0.15, 0.2) is 0 Å². The highest BCUT2D eigenvalue weighted by molar-refractivity contribution is 6.44. The van der Waals surface area contributed by atoms with Crippen molar-refractivity contribution in [2.45, 2.75) is 13.5 Å². The minimum atomic E-state index is -0.920. The fourth-order valence-corrected chi connectivity index (χ4v) is 2.46. The zero-order valence-electron chi connectivity index (χ0n) is 13.8. The fraction of sp³-hybridized carbons (Fsp3) is 0.312. The van der Waals surface area contributed by atoms with Crippen molar-refractivity contribution in [3.8, 4) is 11.4 Å². The minimum Gasteiger partial charge on any atom is -0.383 e. The first-order valence-electron chi connectivity index (χ1n) is 7.57. The van der Waals surface area contributed by atoms with Gasteiger partial charge in [-0.2, -0.15) is 4.98 Å². The molecule has 1 aromatic heterocycles. The zero-order chi connectivity index (χ0) is 18.0. The highest BCUT2D eigenvalue weighted by atomic mass is 16.5. The lowest BCUT2D eigenvalue weighted by atomic mass is 10.1. The molecule has 0 unspecified atom stereocenters. The monoisotopic (exact) mass is 344 g/mol. The van der Waals surface area contributed by atoms with Crippen LogP contribution in [0.3, 0.4) is 0 Å². The van der Waals surface area contributed by atoms with Crippen LogP contribution in [0.2, 0.25) is 0 Å². The first-order valence-corrected chi connectivity index (χ1v) is 7.57. The molecule has 0 bridgehead atoms. The summed E-state index contributed by atoms with van der Waals surface area (Å²) in [5, 5.41) is 3.87.